The number of fused-ring (bicyclic) bond motifs is 1. The number of hydrogen-bond donors (Lipinski definition) is 3. The molecule has 0 bridgehead atoms. The van der Waals surface area contributed by atoms with E-state index in [1.54, 1.807) is 6.33 Å². The molecule has 0 radical (unpaired) electrons. The van der Waals surface area contributed by atoms with E-state index in [4.69, 9.17) is 0 Å². The van der Waals surface area contributed by atoms with Crippen LogP contribution >= 0.6 is 0 Å². The number of nitrogens with zero attached hydrogens (tertiary/aromatic N) is 4. The second-order valence-corrected chi connectivity index (χ2v) is 5.84. The zero-order valence-corrected chi connectivity index (χ0v) is 12.6. The van der Waals surface area contributed by atoms with Crippen molar-refractivity contribution in [2.75, 3.05) is 29.9 Å². The number of hydrogen-bond acceptors (Lipinski definition) is 6. The summed E-state index contributed by atoms with van der Waals surface area (Å²) in [7, 11) is 0. The van der Waals surface area contributed by atoms with Gasteiger partial charge in [-0.05, 0) is 33.1 Å². The van der Waals surface area contributed by atoms with Crippen LogP contribution in [0.1, 0.15) is 33.1 Å². The Bertz CT molecular complexity index is 623. The summed E-state index contributed by atoms with van der Waals surface area (Å²) in [5, 5.41) is 13.4. The molecule has 1 unspecified atom stereocenters. The molecule has 1 aliphatic heterocycles. The van der Waals surface area contributed by atoms with Crippen LogP contribution in [0.25, 0.3) is 11.2 Å². The van der Waals surface area contributed by atoms with Crippen LogP contribution in [0.3, 0.4) is 0 Å². The normalized spacial score (nSPS) is 23.3. The van der Waals surface area contributed by atoms with Gasteiger partial charge in [0, 0.05) is 19.6 Å². The largest absolute Gasteiger partial charge is 0.390 e. The summed E-state index contributed by atoms with van der Waals surface area (Å²) in [6, 6.07) is 0. The second kappa shape index (κ2) is 5.48. The molecular weight excluding hydrogens is 268 g/mol. The highest BCUT2D eigenvalue weighted by Gasteiger charge is 2.27. The van der Waals surface area contributed by atoms with Crippen molar-refractivity contribution in [3.05, 3.63) is 6.33 Å². The maximum absolute atomic E-state index is 10.2. The Morgan fingerprint density at radius 2 is 2.24 bits per heavy atom. The highest BCUT2D eigenvalue weighted by molar-refractivity contribution is 5.84. The predicted molar refractivity (Wildman–Crippen MR) is 82.5 cm³/mol. The first kappa shape index (κ1) is 14.1. The van der Waals surface area contributed by atoms with Gasteiger partial charge in [-0.25, -0.2) is 4.98 Å². The predicted octanol–water partition coefficient (Wildman–Crippen LogP) is 1.53. The third-order valence-electron chi connectivity index (χ3n) is 3.96. The lowest BCUT2D eigenvalue weighted by atomic mass is 9.98. The van der Waals surface area contributed by atoms with Crippen LogP contribution in [0.2, 0.25) is 0 Å². The van der Waals surface area contributed by atoms with Crippen molar-refractivity contribution in [2.24, 2.45) is 0 Å². The fourth-order valence-electron chi connectivity index (χ4n) is 2.76. The van der Waals surface area contributed by atoms with Crippen LogP contribution in [-0.4, -0.2) is 50.3 Å². The van der Waals surface area contributed by atoms with Gasteiger partial charge in [-0.1, -0.05) is 0 Å². The Morgan fingerprint density at radius 3 is 3.05 bits per heavy atom. The number of anilines is 2. The lowest BCUT2D eigenvalue weighted by Crippen LogP contribution is -2.29. The van der Waals surface area contributed by atoms with E-state index in [0.29, 0.717) is 11.6 Å². The van der Waals surface area contributed by atoms with Gasteiger partial charge in [-0.2, -0.15) is 9.97 Å². The number of aromatic nitrogens is 4. The first-order chi connectivity index (χ1) is 10.1. The summed E-state index contributed by atoms with van der Waals surface area (Å²) >= 11 is 0. The Hall–Kier alpha value is -1.89. The highest BCUT2D eigenvalue weighted by atomic mass is 16.3. The van der Waals surface area contributed by atoms with E-state index in [1.165, 1.54) is 0 Å². The molecule has 2 aromatic heterocycles. The number of rotatable bonds is 3. The second-order valence-electron chi connectivity index (χ2n) is 5.84. The summed E-state index contributed by atoms with van der Waals surface area (Å²) in [5.74, 6) is 1.47. The number of imidazole rings is 1. The van der Waals surface area contributed by atoms with E-state index < -0.39 is 5.60 Å². The maximum Gasteiger partial charge on any atom is 0.226 e. The molecule has 3 N–H and O–H groups in total. The minimum absolute atomic E-state index is 0.584. The summed E-state index contributed by atoms with van der Waals surface area (Å²) in [4.78, 5) is 18.6. The van der Waals surface area contributed by atoms with Crippen molar-refractivity contribution >= 4 is 22.9 Å². The lowest BCUT2D eigenvalue weighted by molar-refractivity contribution is 0.0481. The van der Waals surface area contributed by atoms with Crippen LogP contribution in [0, 0.1) is 0 Å². The molecule has 21 heavy (non-hydrogen) atoms. The molecule has 0 amide bonds. The monoisotopic (exact) mass is 290 g/mol. The summed E-state index contributed by atoms with van der Waals surface area (Å²) in [6.07, 6.45) is 4.15. The molecule has 1 saturated heterocycles. The molecule has 0 aliphatic carbocycles. The number of aromatic amines is 1. The zero-order chi connectivity index (χ0) is 14.9. The number of nitrogens with one attached hydrogen (secondary N) is 2. The van der Waals surface area contributed by atoms with Crippen LogP contribution in [0.15, 0.2) is 6.33 Å². The molecule has 114 valence electrons. The van der Waals surface area contributed by atoms with Crippen molar-refractivity contribution in [1.82, 2.24) is 19.9 Å². The smallest absolute Gasteiger partial charge is 0.226 e. The van der Waals surface area contributed by atoms with E-state index in [2.05, 4.69) is 30.2 Å². The fourth-order valence-corrected chi connectivity index (χ4v) is 2.76. The molecule has 1 aliphatic rings. The van der Waals surface area contributed by atoms with Gasteiger partial charge in [0.1, 0.15) is 5.52 Å². The van der Waals surface area contributed by atoms with E-state index in [0.717, 1.165) is 50.2 Å². The van der Waals surface area contributed by atoms with Gasteiger partial charge in [0.15, 0.2) is 11.5 Å². The molecule has 1 atom stereocenters. The quantitative estimate of drug-likeness (QED) is 0.794. The standard InChI is InChI=1S/C14H22N6O/c1-3-15-13-18-11-10(16-9-17-11)12(19-13)20-7-4-5-14(2,21)6-8-20/h9,21H,3-8H2,1-2H3,(H2,15,16,17,18,19). The molecule has 0 aromatic carbocycles. The van der Waals surface area contributed by atoms with E-state index in [9.17, 15) is 5.11 Å². The average Bonchev–Trinajstić information content (AvgIpc) is 2.83. The maximum atomic E-state index is 10.2. The van der Waals surface area contributed by atoms with Gasteiger partial charge in [0.05, 0.1) is 11.9 Å². The lowest BCUT2D eigenvalue weighted by Gasteiger charge is -2.23. The molecule has 7 heteroatoms. The number of H-pyrrole nitrogens is 1. The summed E-state index contributed by atoms with van der Waals surface area (Å²) in [6.45, 7) is 6.36. The minimum atomic E-state index is -0.584. The molecule has 3 heterocycles. The van der Waals surface area contributed by atoms with Crippen molar-refractivity contribution in [3.63, 3.8) is 0 Å². The van der Waals surface area contributed by atoms with Gasteiger partial charge >= 0.3 is 0 Å². The topological polar surface area (TPSA) is 90.0 Å². The third-order valence-corrected chi connectivity index (χ3v) is 3.96. The highest BCUT2D eigenvalue weighted by Crippen LogP contribution is 2.28. The van der Waals surface area contributed by atoms with Gasteiger partial charge in [-0.15, -0.1) is 0 Å². The van der Waals surface area contributed by atoms with Crippen LogP contribution in [-0.2, 0) is 0 Å². The summed E-state index contributed by atoms with van der Waals surface area (Å²) in [5.41, 5.74) is 0.949. The van der Waals surface area contributed by atoms with Crippen LogP contribution < -0.4 is 10.2 Å². The van der Waals surface area contributed by atoms with E-state index in [-0.39, 0.29) is 0 Å². The first-order valence-electron chi connectivity index (χ1n) is 7.51. The Balaban J connectivity index is 1.96. The molecule has 0 spiro atoms. The molecule has 3 rings (SSSR count). The van der Waals surface area contributed by atoms with Crippen molar-refractivity contribution < 1.29 is 5.11 Å². The molecule has 2 aromatic rings. The van der Waals surface area contributed by atoms with Crippen molar-refractivity contribution in [2.45, 2.75) is 38.7 Å². The van der Waals surface area contributed by atoms with Gasteiger partial charge in [-0.3, -0.25) is 0 Å². The average molecular weight is 290 g/mol. The van der Waals surface area contributed by atoms with Crippen LogP contribution in [0.5, 0.6) is 0 Å². The van der Waals surface area contributed by atoms with Gasteiger partial charge < -0.3 is 20.3 Å². The molecule has 0 saturated carbocycles. The van der Waals surface area contributed by atoms with Crippen LogP contribution in [0.4, 0.5) is 11.8 Å². The Kier molecular flexibility index (Phi) is 3.67. The molecule has 7 nitrogen and oxygen atoms in total. The Labute approximate surface area is 123 Å². The Morgan fingerprint density at radius 1 is 1.38 bits per heavy atom. The van der Waals surface area contributed by atoms with Gasteiger partial charge in [0.2, 0.25) is 5.95 Å². The van der Waals surface area contributed by atoms with E-state index in [1.807, 2.05) is 13.8 Å². The molecular formula is C14H22N6O. The van der Waals surface area contributed by atoms with Crippen molar-refractivity contribution in [1.29, 1.82) is 0 Å². The fraction of sp³-hybridized carbons (Fsp3) is 0.643. The zero-order valence-electron chi connectivity index (χ0n) is 12.6. The molecule has 1 fully saturated rings. The van der Waals surface area contributed by atoms with E-state index >= 15 is 0 Å². The van der Waals surface area contributed by atoms with Gasteiger partial charge in [0.25, 0.3) is 0 Å². The minimum Gasteiger partial charge on any atom is -0.390 e. The van der Waals surface area contributed by atoms with Crippen molar-refractivity contribution in [3.8, 4) is 0 Å². The summed E-state index contributed by atoms with van der Waals surface area (Å²) < 4.78 is 0. The number of aliphatic hydroxyl groups is 1. The first-order valence-corrected chi connectivity index (χ1v) is 7.51. The SMILES string of the molecule is CCNc1nc(N2CCCC(C)(O)CC2)c2[nH]cnc2n1. The third kappa shape index (κ3) is 2.92.